The number of aryl methyl sites for hydroxylation is 2. The zero-order valence-corrected chi connectivity index (χ0v) is 11.5. The van der Waals surface area contributed by atoms with Gasteiger partial charge in [-0.1, -0.05) is 0 Å². The molecule has 2 atom stereocenters. The topological polar surface area (TPSA) is 42.7 Å². The lowest BCUT2D eigenvalue weighted by atomic mass is 10.1. The van der Waals surface area contributed by atoms with E-state index < -0.39 is 0 Å². The number of nitrogens with zero attached hydrogens (tertiary/aromatic N) is 3. The average Bonchev–Trinajstić information content (AvgIpc) is 2.87. The van der Waals surface area contributed by atoms with Gasteiger partial charge in [-0.3, -0.25) is 4.68 Å². The van der Waals surface area contributed by atoms with E-state index in [1.165, 1.54) is 5.56 Å². The summed E-state index contributed by atoms with van der Waals surface area (Å²) in [5.74, 6) is 0. The van der Waals surface area contributed by atoms with Crippen molar-refractivity contribution in [2.75, 3.05) is 0 Å². The van der Waals surface area contributed by atoms with Crippen molar-refractivity contribution in [3.8, 4) is 0 Å². The van der Waals surface area contributed by atoms with Gasteiger partial charge in [0.15, 0.2) is 0 Å². The molecule has 0 aromatic carbocycles. The maximum atomic E-state index is 4.37. The number of thiazole rings is 1. The summed E-state index contributed by atoms with van der Waals surface area (Å²) < 4.78 is 1.86. The first-order valence-electron chi connectivity index (χ1n) is 5.73. The number of hydrogen-bond donors (Lipinski definition) is 1. The lowest BCUT2D eigenvalue weighted by molar-refractivity contribution is 0.491. The fraction of sp³-hybridized carbons (Fsp3) is 0.500. The molecule has 5 heteroatoms. The van der Waals surface area contributed by atoms with Gasteiger partial charge in [0.1, 0.15) is 5.01 Å². The summed E-state index contributed by atoms with van der Waals surface area (Å²) in [6, 6.07) is 0.548. The van der Waals surface area contributed by atoms with Gasteiger partial charge in [-0.25, -0.2) is 4.98 Å². The van der Waals surface area contributed by atoms with E-state index in [-0.39, 0.29) is 12.1 Å². The molecule has 0 fully saturated rings. The highest BCUT2D eigenvalue weighted by Gasteiger charge is 2.16. The Bertz CT molecular complexity index is 475. The van der Waals surface area contributed by atoms with Crippen molar-refractivity contribution in [3.63, 3.8) is 0 Å². The monoisotopic (exact) mass is 250 g/mol. The highest BCUT2D eigenvalue weighted by Crippen LogP contribution is 2.22. The Morgan fingerprint density at radius 3 is 2.65 bits per heavy atom. The molecule has 0 amide bonds. The van der Waals surface area contributed by atoms with Crippen LogP contribution in [0.3, 0.4) is 0 Å². The van der Waals surface area contributed by atoms with Gasteiger partial charge in [-0.2, -0.15) is 5.10 Å². The first kappa shape index (κ1) is 12.3. The van der Waals surface area contributed by atoms with Crippen LogP contribution in [0, 0.1) is 6.92 Å². The highest BCUT2D eigenvalue weighted by molar-refractivity contribution is 7.09. The fourth-order valence-corrected chi connectivity index (χ4v) is 2.68. The summed E-state index contributed by atoms with van der Waals surface area (Å²) in [6.45, 7) is 6.34. The Morgan fingerprint density at radius 1 is 1.35 bits per heavy atom. The second-order valence-electron chi connectivity index (χ2n) is 4.32. The zero-order valence-electron chi connectivity index (χ0n) is 10.6. The summed E-state index contributed by atoms with van der Waals surface area (Å²) in [7, 11) is 1.95. The third-order valence-electron chi connectivity index (χ3n) is 2.84. The molecule has 2 unspecified atom stereocenters. The molecule has 0 bridgehead atoms. The smallest absolute Gasteiger partial charge is 0.109 e. The predicted molar refractivity (Wildman–Crippen MR) is 70.0 cm³/mol. The van der Waals surface area contributed by atoms with E-state index in [0.717, 1.165) is 10.7 Å². The van der Waals surface area contributed by atoms with Gasteiger partial charge in [-0.15, -0.1) is 11.3 Å². The minimum absolute atomic E-state index is 0.268. The van der Waals surface area contributed by atoms with E-state index in [9.17, 15) is 0 Å². The molecule has 1 N–H and O–H groups in total. The Kier molecular flexibility index (Phi) is 3.59. The van der Waals surface area contributed by atoms with E-state index >= 15 is 0 Å². The minimum atomic E-state index is 0.268. The quantitative estimate of drug-likeness (QED) is 0.907. The molecule has 0 aliphatic carbocycles. The number of rotatable bonds is 4. The maximum Gasteiger partial charge on any atom is 0.109 e. The van der Waals surface area contributed by atoms with Crippen LogP contribution in [0.1, 0.15) is 42.2 Å². The van der Waals surface area contributed by atoms with E-state index in [1.807, 2.05) is 30.2 Å². The first-order chi connectivity index (χ1) is 8.08. The van der Waals surface area contributed by atoms with E-state index in [1.54, 1.807) is 11.3 Å². The van der Waals surface area contributed by atoms with E-state index in [0.29, 0.717) is 0 Å². The second kappa shape index (κ2) is 4.98. The average molecular weight is 250 g/mol. The molecule has 0 radical (unpaired) electrons. The normalized spacial score (nSPS) is 14.8. The summed E-state index contributed by atoms with van der Waals surface area (Å²) in [5, 5.41) is 11.0. The minimum Gasteiger partial charge on any atom is -0.301 e. The molecule has 0 aliphatic rings. The van der Waals surface area contributed by atoms with Crippen molar-refractivity contribution in [2.45, 2.75) is 32.9 Å². The molecule has 0 saturated heterocycles. The van der Waals surface area contributed by atoms with Gasteiger partial charge < -0.3 is 5.32 Å². The predicted octanol–water partition coefficient (Wildman–Crippen LogP) is 2.60. The van der Waals surface area contributed by atoms with Crippen LogP contribution in [0.5, 0.6) is 0 Å². The molecule has 0 aliphatic heterocycles. The molecule has 0 saturated carbocycles. The largest absolute Gasteiger partial charge is 0.301 e. The lowest BCUT2D eigenvalue weighted by Gasteiger charge is -2.17. The molecule has 2 rings (SSSR count). The van der Waals surface area contributed by atoms with Crippen LogP contribution < -0.4 is 5.32 Å². The third-order valence-corrected chi connectivity index (χ3v) is 3.80. The van der Waals surface area contributed by atoms with Crippen LogP contribution in [0.15, 0.2) is 17.8 Å². The Labute approximate surface area is 106 Å². The lowest BCUT2D eigenvalue weighted by Crippen LogP contribution is -2.22. The molecular formula is C12H18N4S. The summed E-state index contributed by atoms with van der Waals surface area (Å²) >= 11 is 1.68. The van der Waals surface area contributed by atoms with Gasteiger partial charge in [-0.05, 0) is 20.8 Å². The summed E-state index contributed by atoms with van der Waals surface area (Å²) in [6.07, 6.45) is 3.92. The number of nitrogens with one attached hydrogen (secondary N) is 1. The van der Waals surface area contributed by atoms with Crippen molar-refractivity contribution in [1.82, 2.24) is 20.1 Å². The Hall–Kier alpha value is -1.20. The van der Waals surface area contributed by atoms with Crippen LogP contribution in [-0.2, 0) is 7.05 Å². The van der Waals surface area contributed by atoms with E-state index in [4.69, 9.17) is 0 Å². The van der Waals surface area contributed by atoms with Crippen LogP contribution >= 0.6 is 11.3 Å². The highest BCUT2D eigenvalue weighted by atomic mass is 32.1. The molecule has 2 aromatic heterocycles. The molecule has 17 heavy (non-hydrogen) atoms. The van der Waals surface area contributed by atoms with Crippen molar-refractivity contribution < 1.29 is 0 Å². The van der Waals surface area contributed by atoms with Crippen molar-refractivity contribution in [1.29, 1.82) is 0 Å². The number of hydrogen-bond acceptors (Lipinski definition) is 4. The first-order valence-corrected chi connectivity index (χ1v) is 6.61. The molecule has 4 nitrogen and oxygen atoms in total. The summed E-state index contributed by atoms with van der Waals surface area (Å²) in [4.78, 5) is 4.33. The molecule has 0 spiro atoms. The SMILES string of the molecule is Cc1nn(C)cc1C(C)NC(C)c1nccs1. The standard InChI is InChI=1S/C12H18N4S/c1-8(11-7-16(4)15-9(11)2)14-10(3)12-13-5-6-17-12/h5-8,10,14H,1-4H3. The molecule has 92 valence electrons. The van der Waals surface area contributed by atoms with E-state index in [2.05, 4.69) is 35.4 Å². The van der Waals surface area contributed by atoms with Crippen LogP contribution in [0.2, 0.25) is 0 Å². The van der Waals surface area contributed by atoms with Crippen LogP contribution in [-0.4, -0.2) is 14.8 Å². The van der Waals surface area contributed by atoms with Gasteiger partial charge in [0.05, 0.1) is 11.7 Å². The molecule has 2 heterocycles. The summed E-state index contributed by atoms with van der Waals surface area (Å²) in [5.41, 5.74) is 2.33. The molecule has 2 aromatic rings. The Balaban J connectivity index is 2.06. The Morgan fingerprint density at radius 2 is 2.12 bits per heavy atom. The maximum absolute atomic E-state index is 4.37. The van der Waals surface area contributed by atoms with Gasteiger partial charge in [0, 0.05) is 36.4 Å². The zero-order chi connectivity index (χ0) is 12.4. The van der Waals surface area contributed by atoms with Crippen molar-refractivity contribution >= 4 is 11.3 Å². The second-order valence-corrected chi connectivity index (χ2v) is 5.25. The molecular weight excluding hydrogens is 232 g/mol. The van der Waals surface area contributed by atoms with Gasteiger partial charge in [0.2, 0.25) is 0 Å². The van der Waals surface area contributed by atoms with Crippen LogP contribution in [0.25, 0.3) is 0 Å². The van der Waals surface area contributed by atoms with Crippen LogP contribution in [0.4, 0.5) is 0 Å². The number of aromatic nitrogens is 3. The van der Waals surface area contributed by atoms with Gasteiger partial charge >= 0.3 is 0 Å². The van der Waals surface area contributed by atoms with Crippen molar-refractivity contribution in [2.24, 2.45) is 7.05 Å². The third kappa shape index (κ3) is 2.73. The van der Waals surface area contributed by atoms with Gasteiger partial charge in [0.25, 0.3) is 0 Å². The fourth-order valence-electron chi connectivity index (χ4n) is 2.03. The van der Waals surface area contributed by atoms with Crippen molar-refractivity contribution in [3.05, 3.63) is 34.0 Å².